The molecular weight excluding hydrogens is 342 g/mol. The van der Waals surface area contributed by atoms with Gasteiger partial charge in [-0.25, -0.2) is 0 Å². The molecule has 0 spiro atoms. The summed E-state index contributed by atoms with van der Waals surface area (Å²) >= 11 is 0. The van der Waals surface area contributed by atoms with Crippen molar-refractivity contribution in [1.29, 1.82) is 0 Å². The van der Waals surface area contributed by atoms with Gasteiger partial charge in [0.05, 0.1) is 6.26 Å². The van der Waals surface area contributed by atoms with Crippen LogP contribution in [0, 0.1) is 5.92 Å². The molecule has 1 aliphatic carbocycles. The van der Waals surface area contributed by atoms with E-state index in [0.717, 1.165) is 30.4 Å². The Morgan fingerprint density at radius 2 is 1.96 bits per heavy atom. The van der Waals surface area contributed by atoms with Crippen LogP contribution in [0.2, 0.25) is 0 Å². The van der Waals surface area contributed by atoms with Crippen molar-refractivity contribution >= 4 is 11.8 Å². The lowest BCUT2D eigenvalue weighted by atomic mass is 9.92. The average Bonchev–Trinajstić information content (AvgIpc) is 3.38. The van der Waals surface area contributed by atoms with Crippen LogP contribution in [0.3, 0.4) is 0 Å². The van der Waals surface area contributed by atoms with Crippen LogP contribution in [-0.2, 0) is 17.8 Å². The van der Waals surface area contributed by atoms with E-state index < -0.39 is 6.04 Å². The lowest BCUT2D eigenvalue weighted by Crippen LogP contribution is -2.55. The topological polar surface area (TPSA) is 88.6 Å². The summed E-state index contributed by atoms with van der Waals surface area (Å²) in [5, 5.41) is 3.17. The number of carbonyl (C=O) groups excluding carboxylic acids is 2. The number of benzene rings is 1. The van der Waals surface area contributed by atoms with E-state index in [1.54, 1.807) is 17.0 Å². The van der Waals surface area contributed by atoms with Crippen LogP contribution in [0.5, 0.6) is 0 Å². The van der Waals surface area contributed by atoms with E-state index in [0.29, 0.717) is 25.4 Å². The zero-order valence-corrected chi connectivity index (χ0v) is 15.3. The molecule has 0 bridgehead atoms. The summed E-state index contributed by atoms with van der Waals surface area (Å²) in [6, 6.07) is 10.8. The van der Waals surface area contributed by atoms with Crippen molar-refractivity contribution in [3.8, 4) is 0 Å². The summed E-state index contributed by atoms with van der Waals surface area (Å²) in [5.41, 5.74) is 8.04. The number of hydrogen-bond acceptors (Lipinski definition) is 4. The number of nitrogens with zero attached hydrogens (tertiary/aromatic N) is 1. The van der Waals surface area contributed by atoms with Crippen LogP contribution < -0.4 is 11.1 Å². The Bertz CT molecular complexity index is 818. The zero-order valence-electron chi connectivity index (χ0n) is 15.3. The van der Waals surface area contributed by atoms with E-state index in [1.165, 1.54) is 6.26 Å². The summed E-state index contributed by atoms with van der Waals surface area (Å²) in [6.45, 7) is 0.978. The number of hydrogen-bond donors (Lipinski definition) is 2. The largest absolute Gasteiger partial charge is 0.459 e. The van der Waals surface area contributed by atoms with Crippen LogP contribution >= 0.6 is 0 Å². The third-order valence-electron chi connectivity index (χ3n) is 5.83. The number of furan rings is 1. The molecule has 3 unspecified atom stereocenters. The molecule has 2 aromatic rings. The van der Waals surface area contributed by atoms with Gasteiger partial charge >= 0.3 is 0 Å². The minimum atomic E-state index is -0.545. The fraction of sp³-hybridized carbons (Fsp3) is 0.429. The van der Waals surface area contributed by atoms with Crippen molar-refractivity contribution in [2.75, 3.05) is 6.54 Å². The van der Waals surface area contributed by atoms with E-state index in [9.17, 15) is 9.59 Å². The third-order valence-corrected chi connectivity index (χ3v) is 5.83. The highest BCUT2D eigenvalue weighted by Crippen LogP contribution is 2.28. The van der Waals surface area contributed by atoms with E-state index in [2.05, 4.69) is 5.32 Å². The Balaban J connectivity index is 1.59. The van der Waals surface area contributed by atoms with Crippen LogP contribution in [0.1, 0.15) is 40.9 Å². The molecule has 142 valence electrons. The molecular formula is C21H25N3O3. The average molecular weight is 367 g/mol. The van der Waals surface area contributed by atoms with E-state index in [-0.39, 0.29) is 23.6 Å². The van der Waals surface area contributed by atoms with E-state index in [4.69, 9.17) is 10.2 Å². The predicted octanol–water partition coefficient (Wildman–Crippen LogP) is 2.09. The molecule has 27 heavy (non-hydrogen) atoms. The van der Waals surface area contributed by atoms with Crippen molar-refractivity contribution in [1.82, 2.24) is 10.2 Å². The molecule has 4 rings (SSSR count). The van der Waals surface area contributed by atoms with Gasteiger partial charge in [0.25, 0.3) is 5.91 Å². The molecule has 0 saturated heterocycles. The quantitative estimate of drug-likeness (QED) is 0.866. The highest BCUT2D eigenvalue weighted by molar-refractivity contribution is 5.96. The minimum absolute atomic E-state index is 0.0974. The lowest BCUT2D eigenvalue weighted by Gasteiger charge is -2.36. The minimum Gasteiger partial charge on any atom is -0.459 e. The molecule has 1 aliphatic heterocycles. The van der Waals surface area contributed by atoms with Gasteiger partial charge in [-0.05, 0) is 48.6 Å². The van der Waals surface area contributed by atoms with Crippen molar-refractivity contribution < 1.29 is 14.0 Å². The van der Waals surface area contributed by atoms with Gasteiger partial charge in [-0.2, -0.15) is 0 Å². The molecule has 1 aromatic carbocycles. The molecule has 1 fully saturated rings. The Morgan fingerprint density at radius 1 is 1.15 bits per heavy atom. The van der Waals surface area contributed by atoms with Crippen molar-refractivity contribution in [3.05, 3.63) is 59.5 Å². The second-order valence-corrected chi connectivity index (χ2v) is 7.44. The summed E-state index contributed by atoms with van der Waals surface area (Å²) in [6.07, 6.45) is 5.06. The van der Waals surface area contributed by atoms with Gasteiger partial charge in [-0.15, -0.1) is 0 Å². The predicted molar refractivity (Wildman–Crippen MR) is 101 cm³/mol. The molecule has 2 amide bonds. The number of rotatable bonds is 4. The summed E-state index contributed by atoms with van der Waals surface area (Å²) < 4.78 is 5.29. The number of nitrogens with two attached hydrogens (primary N) is 1. The summed E-state index contributed by atoms with van der Waals surface area (Å²) in [4.78, 5) is 27.7. The smallest absolute Gasteiger partial charge is 0.290 e. The number of fused-ring (bicyclic) bond motifs is 1. The second-order valence-electron chi connectivity index (χ2n) is 7.44. The Labute approximate surface area is 158 Å². The van der Waals surface area contributed by atoms with Gasteiger partial charge in [0, 0.05) is 19.0 Å². The van der Waals surface area contributed by atoms with E-state index >= 15 is 0 Å². The molecule has 1 aromatic heterocycles. The Hall–Kier alpha value is -2.60. The van der Waals surface area contributed by atoms with Crippen LogP contribution in [0.15, 0.2) is 47.1 Å². The van der Waals surface area contributed by atoms with Crippen LogP contribution in [0.25, 0.3) is 0 Å². The Kier molecular flexibility index (Phi) is 4.99. The molecule has 3 atom stereocenters. The van der Waals surface area contributed by atoms with Gasteiger partial charge in [0.2, 0.25) is 5.91 Å². The maximum atomic E-state index is 13.1. The number of carbonyl (C=O) groups is 2. The van der Waals surface area contributed by atoms with Crippen molar-refractivity contribution in [3.63, 3.8) is 0 Å². The molecule has 2 heterocycles. The highest BCUT2D eigenvalue weighted by atomic mass is 16.3. The SMILES string of the molecule is NCC1CCCC1NC(=O)C1Cc2ccccc2CN1C(=O)c1ccco1. The first kappa shape index (κ1) is 17.8. The normalized spacial score (nSPS) is 24.5. The fourth-order valence-corrected chi connectivity index (χ4v) is 4.30. The fourth-order valence-electron chi connectivity index (χ4n) is 4.30. The molecule has 6 heteroatoms. The van der Waals surface area contributed by atoms with Crippen LogP contribution in [0.4, 0.5) is 0 Å². The first-order chi connectivity index (χ1) is 13.2. The molecule has 2 aliphatic rings. The zero-order chi connectivity index (χ0) is 18.8. The first-order valence-electron chi connectivity index (χ1n) is 9.59. The molecule has 6 nitrogen and oxygen atoms in total. The van der Waals surface area contributed by atoms with Gasteiger partial charge < -0.3 is 20.4 Å². The van der Waals surface area contributed by atoms with Gasteiger partial charge in [0.1, 0.15) is 6.04 Å². The first-order valence-corrected chi connectivity index (χ1v) is 9.59. The summed E-state index contributed by atoms with van der Waals surface area (Å²) in [7, 11) is 0. The molecule has 3 N–H and O–H groups in total. The van der Waals surface area contributed by atoms with E-state index in [1.807, 2.05) is 24.3 Å². The highest BCUT2D eigenvalue weighted by Gasteiger charge is 2.38. The Morgan fingerprint density at radius 3 is 2.70 bits per heavy atom. The van der Waals surface area contributed by atoms with Crippen molar-refractivity contribution in [2.24, 2.45) is 11.7 Å². The molecule has 1 saturated carbocycles. The van der Waals surface area contributed by atoms with Gasteiger partial charge in [-0.1, -0.05) is 30.7 Å². The van der Waals surface area contributed by atoms with Gasteiger partial charge in [0.15, 0.2) is 5.76 Å². The van der Waals surface area contributed by atoms with Crippen molar-refractivity contribution in [2.45, 2.75) is 44.3 Å². The number of amides is 2. The molecule has 0 radical (unpaired) electrons. The maximum absolute atomic E-state index is 13.1. The third kappa shape index (κ3) is 3.49. The van der Waals surface area contributed by atoms with Crippen LogP contribution in [-0.4, -0.2) is 35.3 Å². The maximum Gasteiger partial charge on any atom is 0.290 e. The lowest BCUT2D eigenvalue weighted by molar-refractivity contribution is -0.127. The monoisotopic (exact) mass is 367 g/mol. The number of nitrogens with one attached hydrogen (secondary N) is 1. The second kappa shape index (κ2) is 7.56. The standard InChI is InChI=1S/C21H25N3O3/c22-12-15-7-3-8-17(15)23-20(25)18-11-14-5-1-2-6-16(14)13-24(18)21(26)19-9-4-10-27-19/h1-2,4-6,9-10,15,17-18H,3,7-8,11-13,22H2,(H,23,25). The van der Waals surface area contributed by atoms with Gasteiger partial charge in [-0.3, -0.25) is 9.59 Å². The summed E-state index contributed by atoms with van der Waals surface area (Å²) in [5.74, 6) is 0.221.